The molecular formula is C24H29N3O2S. The van der Waals surface area contributed by atoms with Crippen LogP contribution >= 0.6 is 11.3 Å². The van der Waals surface area contributed by atoms with E-state index in [1.807, 2.05) is 38.1 Å². The lowest BCUT2D eigenvalue weighted by Crippen LogP contribution is -2.32. The molecule has 6 heteroatoms. The van der Waals surface area contributed by atoms with Gasteiger partial charge in [0.15, 0.2) is 0 Å². The Bertz CT molecular complexity index is 1000. The van der Waals surface area contributed by atoms with Gasteiger partial charge in [-0.15, -0.1) is 11.3 Å². The number of nitrogens with zero attached hydrogens (tertiary/aromatic N) is 2. The molecule has 1 fully saturated rings. The van der Waals surface area contributed by atoms with Gasteiger partial charge in [0.1, 0.15) is 5.01 Å². The fourth-order valence-electron chi connectivity index (χ4n) is 3.82. The smallest absolute Gasteiger partial charge is 0.253 e. The lowest BCUT2D eigenvalue weighted by molar-refractivity contribution is 0.0930. The van der Waals surface area contributed by atoms with Crippen LogP contribution in [0.15, 0.2) is 41.8 Å². The van der Waals surface area contributed by atoms with E-state index in [0.29, 0.717) is 0 Å². The molecule has 158 valence electrons. The van der Waals surface area contributed by atoms with E-state index >= 15 is 0 Å². The van der Waals surface area contributed by atoms with E-state index in [0.717, 1.165) is 65.6 Å². The van der Waals surface area contributed by atoms with Gasteiger partial charge in [0, 0.05) is 35.8 Å². The summed E-state index contributed by atoms with van der Waals surface area (Å²) in [5.74, 6) is -0.0206. The van der Waals surface area contributed by atoms with Gasteiger partial charge in [-0.25, -0.2) is 4.98 Å². The van der Waals surface area contributed by atoms with Crippen molar-refractivity contribution in [1.29, 1.82) is 0 Å². The number of ether oxygens (including phenoxy) is 1. The van der Waals surface area contributed by atoms with Crippen LogP contribution in [0.5, 0.6) is 0 Å². The lowest BCUT2D eigenvalue weighted by atomic mass is 10.2. The van der Waals surface area contributed by atoms with Gasteiger partial charge < -0.3 is 14.6 Å². The van der Waals surface area contributed by atoms with Crippen molar-refractivity contribution < 1.29 is 9.53 Å². The maximum absolute atomic E-state index is 12.9. The molecule has 1 aliphatic heterocycles. The zero-order valence-corrected chi connectivity index (χ0v) is 18.7. The first kappa shape index (κ1) is 20.8. The molecule has 1 aliphatic rings. The molecule has 3 aromatic rings. The third kappa shape index (κ3) is 4.35. The molecule has 2 atom stereocenters. The van der Waals surface area contributed by atoms with Gasteiger partial charge in [-0.3, -0.25) is 4.79 Å². The lowest BCUT2D eigenvalue weighted by Gasteiger charge is -2.16. The standard InChI is InChI=1S/C24H29N3O2S/c1-4-16(2)25-23(28)20-13-22(27(17(20)3)14-19-11-8-12-29-19)21-15-30-24(26-21)18-9-6-5-7-10-18/h5-7,9-10,13,15-16,19H,4,8,11-12,14H2,1-3H3,(H,25,28). The number of rotatable bonds is 7. The Balaban J connectivity index is 1.71. The van der Waals surface area contributed by atoms with E-state index < -0.39 is 0 Å². The Labute approximate surface area is 182 Å². The summed E-state index contributed by atoms with van der Waals surface area (Å²) >= 11 is 1.63. The zero-order chi connectivity index (χ0) is 21.1. The molecule has 5 nitrogen and oxygen atoms in total. The quantitative estimate of drug-likeness (QED) is 0.561. The van der Waals surface area contributed by atoms with E-state index in [-0.39, 0.29) is 18.1 Å². The summed E-state index contributed by atoms with van der Waals surface area (Å²) in [5.41, 5.74) is 4.68. The second kappa shape index (κ2) is 9.14. The summed E-state index contributed by atoms with van der Waals surface area (Å²) < 4.78 is 8.10. The summed E-state index contributed by atoms with van der Waals surface area (Å²) in [6.07, 6.45) is 3.24. The molecule has 0 bridgehead atoms. The van der Waals surface area contributed by atoms with Gasteiger partial charge in [-0.1, -0.05) is 37.3 Å². The van der Waals surface area contributed by atoms with E-state index in [1.54, 1.807) is 11.3 Å². The first-order valence-corrected chi connectivity index (χ1v) is 11.6. The second-order valence-corrected chi connectivity index (χ2v) is 8.82. The van der Waals surface area contributed by atoms with Crippen molar-refractivity contribution in [2.45, 2.75) is 58.7 Å². The first-order chi connectivity index (χ1) is 14.6. The summed E-state index contributed by atoms with van der Waals surface area (Å²) in [6.45, 7) is 7.69. The second-order valence-electron chi connectivity index (χ2n) is 7.96. The zero-order valence-electron chi connectivity index (χ0n) is 17.9. The number of thiazole rings is 1. The van der Waals surface area contributed by atoms with Crippen molar-refractivity contribution in [3.8, 4) is 22.0 Å². The number of carbonyl (C=O) groups excluding carboxylic acids is 1. The number of hydrogen-bond acceptors (Lipinski definition) is 4. The normalized spacial score (nSPS) is 17.2. The Morgan fingerprint density at radius 2 is 2.17 bits per heavy atom. The molecule has 0 spiro atoms. The van der Waals surface area contributed by atoms with E-state index in [4.69, 9.17) is 9.72 Å². The molecule has 2 aromatic heterocycles. The van der Waals surface area contributed by atoms with Crippen LogP contribution in [0.2, 0.25) is 0 Å². The molecule has 1 N–H and O–H groups in total. The van der Waals surface area contributed by atoms with Crippen LogP contribution in [0.25, 0.3) is 22.0 Å². The fourth-order valence-corrected chi connectivity index (χ4v) is 4.64. The molecule has 3 heterocycles. The van der Waals surface area contributed by atoms with Crippen LogP contribution in [0.1, 0.15) is 49.2 Å². The van der Waals surface area contributed by atoms with Crippen LogP contribution < -0.4 is 5.32 Å². The molecule has 1 aromatic carbocycles. The van der Waals surface area contributed by atoms with Gasteiger partial charge in [0.2, 0.25) is 0 Å². The number of hydrogen-bond donors (Lipinski definition) is 1. The van der Waals surface area contributed by atoms with Crippen molar-refractivity contribution >= 4 is 17.2 Å². The highest BCUT2D eigenvalue weighted by atomic mass is 32.1. The average Bonchev–Trinajstić information content (AvgIpc) is 3.50. The summed E-state index contributed by atoms with van der Waals surface area (Å²) in [6, 6.07) is 12.3. The number of aromatic nitrogens is 2. The van der Waals surface area contributed by atoms with E-state index in [2.05, 4.69) is 34.3 Å². The average molecular weight is 424 g/mol. The fraction of sp³-hybridized carbons (Fsp3) is 0.417. The van der Waals surface area contributed by atoms with Gasteiger partial charge in [0.25, 0.3) is 5.91 Å². The molecular weight excluding hydrogens is 394 g/mol. The van der Waals surface area contributed by atoms with Crippen LogP contribution in [0, 0.1) is 6.92 Å². The first-order valence-electron chi connectivity index (χ1n) is 10.7. The van der Waals surface area contributed by atoms with Gasteiger partial charge in [0.05, 0.1) is 23.1 Å². The Morgan fingerprint density at radius 1 is 1.37 bits per heavy atom. The molecule has 30 heavy (non-hydrogen) atoms. The SMILES string of the molecule is CCC(C)NC(=O)c1cc(-c2csc(-c3ccccc3)n2)n(CC2CCCO2)c1C. The number of amides is 1. The van der Waals surface area contributed by atoms with Crippen molar-refractivity contribution in [3.63, 3.8) is 0 Å². The summed E-state index contributed by atoms with van der Waals surface area (Å²) in [5, 5.41) is 6.17. The summed E-state index contributed by atoms with van der Waals surface area (Å²) in [7, 11) is 0. The largest absolute Gasteiger partial charge is 0.376 e. The van der Waals surface area contributed by atoms with Crippen molar-refractivity contribution in [3.05, 3.63) is 53.0 Å². The van der Waals surface area contributed by atoms with Crippen LogP contribution in [-0.2, 0) is 11.3 Å². The number of benzene rings is 1. The third-order valence-corrected chi connectivity index (χ3v) is 6.69. The van der Waals surface area contributed by atoms with E-state index in [9.17, 15) is 4.79 Å². The predicted molar refractivity (Wildman–Crippen MR) is 122 cm³/mol. The van der Waals surface area contributed by atoms with Crippen LogP contribution in [-0.4, -0.2) is 34.2 Å². The van der Waals surface area contributed by atoms with Gasteiger partial charge >= 0.3 is 0 Å². The molecule has 0 radical (unpaired) electrons. The van der Waals surface area contributed by atoms with Crippen LogP contribution in [0.4, 0.5) is 0 Å². The summed E-state index contributed by atoms with van der Waals surface area (Å²) in [4.78, 5) is 17.8. The maximum atomic E-state index is 12.9. The minimum absolute atomic E-state index is 0.0206. The molecule has 4 rings (SSSR count). The monoisotopic (exact) mass is 423 g/mol. The highest BCUT2D eigenvalue weighted by molar-refractivity contribution is 7.13. The minimum Gasteiger partial charge on any atom is -0.376 e. The van der Waals surface area contributed by atoms with Crippen molar-refractivity contribution in [1.82, 2.24) is 14.9 Å². The Hall–Kier alpha value is -2.44. The van der Waals surface area contributed by atoms with Gasteiger partial charge in [-0.2, -0.15) is 0 Å². The van der Waals surface area contributed by atoms with Gasteiger partial charge in [-0.05, 0) is 39.2 Å². The molecule has 0 saturated carbocycles. The minimum atomic E-state index is -0.0206. The molecule has 1 amide bonds. The van der Waals surface area contributed by atoms with E-state index in [1.165, 1.54) is 0 Å². The highest BCUT2D eigenvalue weighted by Gasteiger charge is 2.24. The third-order valence-electron chi connectivity index (χ3n) is 5.80. The topological polar surface area (TPSA) is 56.2 Å². The Morgan fingerprint density at radius 3 is 2.87 bits per heavy atom. The van der Waals surface area contributed by atoms with Crippen LogP contribution in [0.3, 0.4) is 0 Å². The van der Waals surface area contributed by atoms with Crippen molar-refractivity contribution in [2.24, 2.45) is 0 Å². The number of carbonyl (C=O) groups is 1. The number of nitrogens with one attached hydrogen (secondary N) is 1. The van der Waals surface area contributed by atoms with Crippen molar-refractivity contribution in [2.75, 3.05) is 6.61 Å². The highest BCUT2D eigenvalue weighted by Crippen LogP contribution is 2.32. The Kier molecular flexibility index (Phi) is 6.35. The predicted octanol–water partition coefficient (Wildman–Crippen LogP) is 5.29. The maximum Gasteiger partial charge on any atom is 0.253 e. The molecule has 2 unspecified atom stereocenters. The molecule has 1 saturated heterocycles. The molecule has 0 aliphatic carbocycles.